The Morgan fingerprint density at radius 3 is 1.71 bits per heavy atom. The maximum Gasteiger partial charge on any atom is 0.0457 e. The maximum absolute atomic E-state index is 3.48. The van der Waals surface area contributed by atoms with Crippen LogP contribution < -0.4 is 0 Å². The summed E-state index contributed by atoms with van der Waals surface area (Å²) in [6.45, 7) is 2.34. The van der Waals surface area contributed by atoms with Gasteiger partial charge in [-0.1, -0.05) is 73.7 Å². The van der Waals surface area contributed by atoms with Gasteiger partial charge in [-0.25, -0.2) is 0 Å². The zero-order valence-electron chi connectivity index (χ0n) is 16.0. The number of hydrogen-bond acceptors (Lipinski definition) is 0. The van der Waals surface area contributed by atoms with Gasteiger partial charge in [-0.05, 0) is 41.2 Å². The SMILES string of the molecule is CC(CC(c1c[nH]c2ccccc12)c1c[nH]c2ccccc12)c1ccccc1. The van der Waals surface area contributed by atoms with E-state index in [1.54, 1.807) is 0 Å². The van der Waals surface area contributed by atoms with Crippen molar-refractivity contribution in [3.05, 3.63) is 108 Å². The number of rotatable bonds is 5. The van der Waals surface area contributed by atoms with Crippen molar-refractivity contribution >= 4 is 21.8 Å². The van der Waals surface area contributed by atoms with E-state index in [2.05, 4.69) is 108 Å². The molecule has 0 amide bonds. The lowest BCUT2D eigenvalue weighted by molar-refractivity contribution is 0.622. The third kappa shape index (κ3) is 2.91. The Balaban J connectivity index is 1.64. The lowest BCUT2D eigenvalue weighted by atomic mass is 9.81. The number of aromatic nitrogens is 2. The molecule has 0 fully saturated rings. The number of benzene rings is 3. The average molecular weight is 364 g/mol. The third-order valence-corrected chi connectivity index (χ3v) is 5.95. The molecule has 5 aromatic rings. The smallest absolute Gasteiger partial charge is 0.0457 e. The highest BCUT2D eigenvalue weighted by Gasteiger charge is 2.23. The molecule has 0 radical (unpaired) electrons. The molecule has 2 heteroatoms. The molecule has 2 N–H and O–H groups in total. The molecule has 3 aromatic carbocycles. The van der Waals surface area contributed by atoms with Crippen LogP contribution in [-0.2, 0) is 0 Å². The van der Waals surface area contributed by atoms with Crippen LogP contribution in [0, 0.1) is 0 Å². The van der Waals surface area contributed by atoms with E-state index in [0.717, 1.165) is 6.42 Å². The molecule has 0 spiro atoms. The van der Waals surface area contributed by atoms with E-state index in [0.29, 0.717) is 11.8 Å². The van der Waals surface area contributed by atoms with Crippen LogP contribution in [0.25, 0.3) is 21.8 Å². The van der Waals surface area contributed by atoms with Crippen LogP contribution in [0.3, 0.4) is 0 Å². The predicted molar refractivity (Wildman–Crippen MR) is 118 cm³/mol. The third-order valence-electron chi connectivity index (χ3n) is 5.95. The lowest BCUT2D eigenvalue weighted by Crippen LogP contribution is -2.05. The molecule has 0 saturated carbocycles. The highest BCUT2D eigenvalue weighted by atomic mass is 14.7. The molecule has 138 valence electrons. The number of para-hydroxylation sites is 2. The summed E-state index contributed by atoms with van der Waals surface area (Å²) in [5, 5.41) is 2.64. The first-order valence-corrected chi connectivity index (χ1v) is 9.98. The summed E-state index contributed by atoms with van der Waals surface area (Å²) in [4.78, 5) is 6.96. The van der Waals surface area contributed by atoms with Crippen LogP contribution in [0.1, 0.15) is 41.9 Å². The standard InChI is InChI=1S/C26H24N2/c1-18(19-9-3-2-4-10-19)15-22(23-16-27-25-13-7-5-11-20(23)25)24-17-28-26-14-8-6-12-21(24)26/h2-14,16-18,22,27-28H,15H2,1H3. The van der Waals surface area contributed by atoms with Gasteiger partial charge in [0, 0.05) is 40.1 Å². The minimum absolute atomic E-state index is 0.322. The van der Waals surface area contributed by atoms with E-state index in [1.165, 1.54) is 38.5 Å². The van der Waals surface area contributed by atoms with E-state index >= 15 is 0 Å². The summed E-state index contributed by atoms with van der Waals surface area (Å²) < 4.78 is 0. The van der Waals surface area contributed by atoms with Gasteiger partial charge in [0.25, 0.3) is 0 Å². The van der Waals surface area contributed by atoms with Gasteiger partial charge < -0.3 is 9.97 Å². The normalized spacial score (nSPS) is 12.8. The topological polar surface area (TPSA) is 31.6 Å². The summed E-state index contributed by atoms with van der Waals surface area (Å²) >= 11 is 0. The molecule has 0 saturated heterocycles. The van der Waals surface area contributed by atoms with Crippen molar-refractivity contribution in [2.24, 2.45) is 0 Å². The zero-order chi connectivity index (χ0) is 18.9. The summed E-state index contributed by atoms with van der Waals surface area (Å²) in [7, 11) is 0. The number of hydrogen-bond donors (Lipinski definition) is 2. The molecule has 0 bridgehead atoms. The van der Waals surface area contributed by atoms with Crippen molar-refractivity contribution in [3.8, 4) is 0 Å². The summed E-state index contributed by atoms with van der Waals surface area (Å²) in [5.41, 5.74) is 6.56. The maximum atomic E-state index is 3.48. The largest absolute Gasteiger partial charge is 0.361 e. The Hall–Kier alpha value is -3.26. The number of aromatic amines is 2. The number of H-pyrrole nitrogens is 2. The van der Waals surface area contributed by atoms with Gasteiger partial charge >= 0.3 is 0 Å². The van der Waals surface area contributed by atoms with E-state index in [9.17, 15) is 0 Å². The van der Waals surface area contributed by atoms with Gasteiger partial charge in [0.2, 0.25) is 0 Å². The molecule has 2 nitrogen and oxygen atoms in total. The van der Waals surface area contributed by atoms with Crippen molar-refractivity contribution in [3.63, 3.8) is 0 Å². The average Bonchev–Trinajstić information content (AvgIpc) is 3.37. The van der Waals surface area contributed by atoms with Crippen LogP contribution in [0.2, 0.25) is 0 Å². The first-order valence-electron chi connectivity index (χ1n) is 9.98. The molecular formula is C26H24N2. The molecule has 0 aliphatic heterocycles. The van der Waals surface area contributed by atoms with E-state index in [4.69, 9.17) is 0 Å². The Morgan fingerprint density at radius 1 is 0.643 bits per heavy atom. The number of nitrogens with one attached hydrogen (secondary N) is 2. The Labute approximate surface area is 165 Å². The highest BCUT2D eigenvalue weighted by Crippen LogP contribution is 2.40. The second kappa shape index (κ2) is 7.05. The predicted octanol–water partition coefficient (Wildman–Crippen LogP) is 6.97. The van der Waals surface area contributed by atoms with E-state index < -0.39 is 0 Å². The second-order valence-electron chi connectivity index (χ2n) is 7.68. The number of fused-ring (bicyclic) bond motifs is 2. The van der Waals surface area contributed by atoms with Crippen molar-refractivity contribution in [1.29, 1.82) is 0 Å². The molecular weight excluding hydrogens is 340 g/mol. The summed E-state index contributed by atoms with van der Waals surface area (Å²) in [6, 6.07) is 28.1. The molecule has 0 aliphatic rings. The molecule has 0 aliphatic carbocycles. The quantitative estimate of drug-likeness (QED) is 0.337. The van der Waals surface area contributed by atoms with Gasteiger partial charge in [-0.15, -0.1) is 0 Å². The first kappa shape index (κ1) is 16.9. The molecule has 28 heavy (non-hydrogen) atoms. The van der Waals surface area contributed by atoms with Gasteiger partial charge in [-0.3, -0.25) is 0 Å². The van der Waals surface area contributed by atoms with Gasteiger partial charge in [0.05, 0.1) is 0 Å². The zero-order valence-corrected chi connectivity index (χ0v) is 16.0. The van der Waals surface area contributed by atoms with Crippen molar-refractivity contribution in [1.82, 2.24) is 9.97 Å². The van der Waals surface area contributed by atoms with Crippen LogP contribution in [0.5, 0.6) is 0 Å². The van der Waals surface area contributed by atoms with Crippen LogP contribution >= 0.6 is 0 Å². The molecule has 1 atom stereocenters. The van der Waals surface area contributed by atoms with Crippen molar-refractivity contribution in [2.75, 3.05) is 0 Å². The van der Waals surface area contributed by atoms with E-state index in [-0.39, 0.29) is 0 Å². The fraction of sp³-hybridized carbons (Fsp3) is 0.154. The van der Waals surface area contributed by atoms with Crippen molar-refractivity contribution < 1.29 is 0 Å². The van der Waals surface area contributed by atoms with Crippen LogP contribution in [0.15, 0.2) is 91.3 Å². The van der Waals surface area contributed by atoms with E-state index in [1.807, 2.05) is 0 Å². The van der Waals surface area contributed by atoms with Gasteiger partial charge in [0.15, 0.2) is 0 Å². The second-order valence-corrected chi connectivity index (χ2v) is 7.68. The highest BCUT2D eigenvalue weighted by molar-refractivity contribution is 5.88. The Morgan fingerprint density at radius 2 is 1.14 bits per heavy atom. The van der Waals surface area contributed by atoms with Crippen LogP contribution in [-0.4, -0.2) is 9.97 Å². The monoisotopic (exact) mass is 364 g/mol. The van der Waals surface area contributed by atoms with Crippen LogP contribution in [0.4, 0.5) is 0 Å². The fourth-order valence-corrected chi connectivity index (χ4v) is 4.46. The Bertz CT molecular complexity index is 1140. The summed E-state index contributed by atoms with van der Waals surface area (Å²) in [6.07, 6.45) is 5.47. The lowest BCUT2D eigenvalue weighted by Gasteiger charge is -2.21. The van der Waals surface area contributed by atoms with Gasteiger partial charge in [0.1, 0.15) is 0 Å². The fourth-order valence-electron chi connectivity index (χ4n) is 4.46. The minimum Gasteiger partial charge on any atom is -0.361 e. The van der Waals surface area contributed by atoms with Gasteiger partial charge in [-0.2, -0.15) is 0 Å². The molecule has 1 unspecified atom stereocenters. The molecule has 2 aromatic heterocycles. The summed E-state index contributed by atoms with van der Waals surface area (Å²) in [5.74, 6) is 0.788. The Kier molecular flexibility index (Phi) is 4.25. The first-order chi connectivity index (χ1) is 13.8. The van der Waals surface area contributed by atoms with Crippen molar-refractivity contribution in [2.45, 2.75) is 25.2 Å². The molecule has 2 heterocycles. The minimum atomic E-state index is 0.322. The molecule has 5 rings (SSSR count).